The second-order valence-electron chi connectivity index (χ2n) is 6.94. The average molecular weight is 361 g/mol. The topological polar surface area (TPSA) is 59.2 Å². The lowest BCUT2D eigenvalue weighted by Gasteiger charge is -2.16. The number of hydrogen-bond acceptors (Lipinski definition) is 4. The van der Waals surface area contributed by atoms with Crippen LogP contribution in [0.3, 0.4) is 0 Å². The minimum atomic E-state index is -0.0704. The van der Waals surface area contributed by atoms with Gasteiger partial charge in [0.2, 0.25) is 17.6 Å². The summed E-state index contributed by atoms with van der Waals surface area (Å²) in [5.41, 5.74) is 4.36. The van der Waals surface area contributed by atoms with Crippen molar-refractivity contribution in [2.75, 3.05) is 11.4 Å². The van der Waals surface area contributed by atoms with Crippen LogP contribution in [0.25, 0.3) is 11.4 Å². The maximum absolute atomic E-state index is 12.5. The van der Waals surface area contributed by atoms with Crippen molar-refractivity contribution in [3.05, 3.63) is 65.5 Å². The fourth-order valence-electron chi connectivity index (χ4n) is 3.47. The van der Waals surface area contributed by atoms with Crippen molar-refractivity contribution in [2.24, 2.45) is 0 Å². The van der Waals surface area contributed by atoms with E-state index in [1.54, 1.807) is 0 Å². The molecule has 0 N–H and O–H groups in total. The van der Waals surface area contributed by atoms with Crippen LogP contribution in [-0.2, 0) is 17.6 Å². The molecule has 0 saturated carbocycles. The Kier molecular flexibility index (Phi) is 4.75. The molecule has 1 aliphatic heterocycles. The normalized spacial score (nSPS) is 16.9. The molecule has 0 radical (unpaired) electrons. The maximum Gasteiger partial charge on any atom is 0.232 e. The SMILES string of the molecule is CCc1ccc(-c2noc(C3CC(=O)N(c4cccc(CC)c4)C3)n2)cc1. The molecule has 1 fully saturated rings. The Labute approximate surface area is 159 Å². The lowest BCUT2D eigenvalue weighted by Crippen LogP contribution is -2.24. The largest absolute Gasteiger partial charge is 0.339 e. The first kappa shape index (κ1) is 17.5. The molecule has 0 aliphatic carbocycles. The van der Waals surface area contributed by atoms with Crippen LogP contribution in [-0.4, -0.2) is 22.6 Å². The van der Waals surface area contributed by atoms with Gasteiger partial charge < -0.3 is 9.42 Å². The smallest absolute Gasteiger partial charge is 0.232 e. The summed E-state index contributed by atoms with van der Waals surface area (Å²) < 4.78 is 5.50. The molecule has 1 saturated heterocycles. The van der Waals surface area contributed by atoms with E-state index in [2.05, 4.69) is 48.3 Å². The van der Waals surface area contributed by atoms with Gasteiger partial charge in [0.25, 0.3) is 0 Å². The minimum absolute atomic E-state index is 0.0704. The molecular formula is C22H23N3O2. The van der Waals surface area contributed by atoms with Gasteiger partial charge in [-0.1, -0.05) is 55.4 Å². The van der Waals surface area contributed by atoms with Gasteiger partial charge in [-0.2, -0.15) is 4.98 Å². The molecule has 5 nitrogen and oxygen atoms in total. The zero-order chi connectivity index (χ0) is 18.8. The molecule has 1 amide bonds. The molecular weight excluding hydrogens is 338 g/mol. The fraction of sp³-hybridized carbons (Fsp3) is 0.318. The van der Waals surface area contributed by atoms with Crippen LogP contribution in [0.4, 0.5) is 5.69 Å². The van der Waals surface area contributed by atoms with Crippen molar-refractivity contribution < 1.29 is 9.32 Å². The average Bonchev–Trinajstić information content (AvgIpc) is 3.35. The highest BCUT2D eigenvalue weighted by molar-refractivity contribution is 5.96. The number of aryl methyl sites for hydroxylation is 2. The number of amides is 1. The van der Waals surface area contributed by atoms with E-state index in [0.717, 1.165) is 24.1 Å². The number of benzene rings is 2. The van der Waals surface area contributed by atoms with Crippen molar-refractivity contribution in [1.29, 1.82) is 0 Å². The Morgan fingerprint density at radius 1 is 1.07 bits per heavy atom. The first-order valence-electron chi connectivity index (χ1n) is 9.50. The summed E-state index contributed by atoms with van der Waals surface area (Å²) in [6.45, 7) is 4.81. The van der Waals surface area contributed by atoms with Gasteiger partial charge in [-0.05, 0) is 36.1 Å². The third-order valence-electron chi connectivity index (χ3n) is 5.17. The third-order valence-corrected chi connectivity index (χ3v) is 5.17. The van der Waals surface area contributed by atoms with Crippen molar-refractivity contribution in [2.45, 2.75) is 39.0 Å². The number of aromatic nitrogens is 2. The van der Waals surface area contributed by atoms with Crippen LogP contribution in [0.1, 0.15) is 43.2 Å². The second-order valence-corrected chi connectivity index (χ2v) is 6.94. The monoisotopic (exact) mass is 361 g/mol. The molecule has 5 heteroatoms. The summed E-state index contributed by atoms with van der Waals surface area (Å²) in [6, 6.07) is 16.3. The molecule has 27 heavy (non-hydrogen) atoms. The van der Waals surface area contributed by atoms with E-state index in [9.17, 15) is 4.79 Å². The van der Waals surface area contributed by atoms with E-state index in [4.69, 9.17) is 4.52 Å². The van der Waals surface area contributed by atoms with Gasteiger partial charge in [-0.15, -0.1) is 0 Å². The zero-order valence-corrected chi connectivity index (χ0v) is 15.7. The molecule has 1 aromatic heterocycles. The number of carbonyl (C=O) groups excluding carboxylic acids is 1. The highest BCUT2D eigenvalue weighted by Crippen LogP contribution is 2.32. The van der Waals surface area contributed by atoms with E-state index in [1.807, 2.05) is 29.2 Å². The van der Waals surface area contributed by atoms with E-state index >= 15 is 0 Å². The van der Waals surface area contributed by atoms with E-state index in [1.165, 1.54) is 11.1 Å². The predicted molar refractivity (Wildman–Crippen MR) is 105 cm³/mol. The quantitative estimate of drug-likeness (QED) is 0.676. The summed E-state index contributed by atoms with van der Waals surface area (Å²) in [7, 11) is 0. The third kappa shape index (κ3) is 3.50. The molecule has 0 bridgehead atoms. The highest BCUT2D eigenvalue weighted by Gasteiger charge is 2.35. The summed E-state index contributed by atoms with van der Waals surface area (Å²) in [4.78, 5) is 18.9. The molecule has 1 aliphatic rings. The van der Waals surface area contributed by atoms with E-state index in [0.29, 0.717) is 24.7 Å². The Bertz CT molecular complexity index is 946. The standard InChI is InChI=1S/C22H23N3O2/c1-3-15-8-10-17(11-9-15)21-23-22(27-24-21)18-13-20(26)25(14-18)19-7-5-6-16(4-2)12-19/h5-12,18H,3-4,13-14H2,1-2H3. The van der Waals surface area contributed by atoms with Gasteiger partial charge in [0.15, 0.2) is 0 Å². The Morgan fingerprint density at radius 3 is 2.59 bits per heavy atom. The minimum Gasteiger partial charge on any atom is -0.339 e. The maximum atomic E-state index is 12.5. The number of hydrogen-bond donors (Lipinski definition) is 0. The van der Waals surface area contributed by atoms with Gasteiger partial charge in [0.1, 0.15) is 0 Å². The van der Waals surface area contributed by atoms with Gasteiger partial charge in [-0.25, -0.2) is 0 Å². The molecule has 1 unspecified atom stereocenters. The summed E-state index contributed by atoms with van der Waals surface area (Å²) in [6.07, 6.45) is 2.34. The van der Waals surface area contributed by atoms with Crippen molar-refractivity contribution >= 4 is 11.6 Å². The highest BCUT2D eigenvalue weighted by atomic mass is 16.5. The first-order chi connectivity index (χ1) is 13.2. The second kappa shape index (κ2) is 7.35. The predicted octanol–water partition coefficient (Wildman–Crippen LogP) is 4.38. The fourth-order valence-corrected chi connectivity index (χ4v) is 3.47. The van der Waals surface area contributed by atoms with Crippen molar-refractivity contribution in [3.8, 4) is 11.4 Å². The Hall–Kier alpha value is -2.95. The first-order valence-corrected chi connectivity index (χ1v) is 9.50. The molecule has 2 heterocycles. The van der Waals surface area contributed by atoms with Crippen LogP contribution in [0, 0.1) is 0 Å². The summed E-state index contributed by atoms with van der Waals surface area (Å²) in [5, 5.41) is 4.12. The zero-order valence-electron chi connectivity index (χ0n) is 15.7. The molecule has 3 aromatic rings. The summed E-state index contributed by atoms with van der Waals surface area (Å²) in [5.74, 6) is 1.14. The van der Waals surface area contributed by atoms with E-state index in [-0.39, 0.29) is 11.8 Å². The number of carbonyl (C=O) groups is 1. The van der Waals surface area contributed by atoms with Gasteiger partial charge in [0, 0.05) is 24.2 Å². The molecule has 2 aromatic carbocycles. The van der Waals surface area contributed by atoms with Crippen LogP contribution in [0.15, 0.2) is 53.1 Å². The molecule has 138 valence electrons. The number of anilines is 1. The van der Waals surface area contributed by atoms with Crippen molar-refractivity contribution in [1.82, 2.24) is 10.1 Å². The lowest BCUT2D eigenvalue weighted by atomic mass is 10.1. The Balaban J connectivity index is 1.53. The number of rotatable bonds is 5. The van der Waals surface area contributed by atoms with Gasteiger partial charge in [-0.3, -0.25) is 4.79 Å². The molecule has 1 atom stereocenters. The summed E-state index contributed by atoms with van der Waals surface area (Å²) >= 11 is 0. The number of nitrogens with zero attached hydrogens (tertiary/aromatic N) is 3. The Morgan fingerprint density at radius 2 is 1.85 bits per heavy atom. The van der Waals surface area contributed by atoms with Crippen LogP contribution in [0.5, 0.6) is 0 Å². The molecule has 4 rings (SSSR count). The van der Waals surface area contributed by atoms with Crippen LogP contribution in [0.2, 0.25) is 0 Å². The van der Waals surface area contributed by atoms with E-state index < -0.39 is 0 Å². The van der Waals surface area contributed by atoms with Crippen LogP contribution >= 0.6 is 0 Å². The molecule has 0 spiro atoms. The van der Waals surface area contributed by atoms with Crippen molar-refractivity contribution in [3.63, 3.8) is 0 Å². The van der Waals surface area contributed by atoms with Gasteiger partial charge in [0.05, 0.1) is 5.92 Å². The van der Waals surface area contributed by atoms with Gasteiger partial charge >= 0.3 is 0 Å². The lowest BCUT2D eigenvalue weighted by molar-refractivity contribution is -0.117. The van der Waals surface area contributed by atoms with Crippen LogP contribution < -0.4 is 4.90 Å².